The Bertz CT molecular complexity index is 452. The molecule has 0 atom stereocenters. The van der Waals surface area contributed by atoms with Crippen LogP contribution < -0.4 is 0 Å². The van der Waals surface area contributed by atoms with Crippen LogP contribution in [0.15, 0.2) is 0 Å². The maximum Gasteiger partial charge on any atom is 0.284 e. The topological polar surface area (TPSA) is 49.3 Å². The predicted molar refractivity (Wildman–Crippen MR) is 74.7 cm³/mol. The molecule has 0 unspecified atom stereocenters. The lowest BCUT2D eigenvalue weighted by atomic mass is 10.0. The second kappa shape index (κ2) is 5.73. The number of carbonyl (C=O) groups is 1. The van der Waals surface area contributed by atoms with Gasteiger partial charge in [-0.2, -0.15) is 0 Å². The minimum Gasteiger partial charge on any atom is -0.336 e. The van der Waals surface area contributed by atoms with Crippen molar-refractivity contribution >= 4 is 28.8 Å². The maximum absolute atomic E-state index is 12.2. The van der Waals surface area contributed by atoms with Crippen LogP contribution in [0, 0.1) is 0 Å². The summed E-state index contributed by atoms with van der Waals surface area (Å²) in [4.78, 5) is 16.7. The molecule has 3 rings (SSSR count). The third-order valence-electron chi connectivity index (χ3n) is 3.99. The summed E-state index contributed by atoms with van der Waals surface area (Å²) < 4.78 is 0.329. The van der Waals surface area contributed by atoms with E-state index in [1.54, 1.807) is 0 Å². The van der Waals surface area contributed by atoms with Crippen molar-refractivity contribution < 1.29 is 4.79 Å². The van der Waals surface area contributed by atoms with Crippen LogP contribution in [0.1, 0.15) is 35.5 Å². The minimum absolute atomic E-state index is 0.0238. The van der Waals surface area contributed by atoms with Crippen molar-refractivity contribution in [1.29, 1.82) is 0 Å². The third kappa shape index (κ3) is 2.90. The molecule has 2 aliphatic rings. The average molecular weight is 301 g/mol. The molecule has 0 N–H and O–H groups in total. The number of carbonyl (C=O) groups excluding carboxylic acids is 1. The van der Waals surface area contributed by atoms with E-state index in [9.17, 15) is 4.79 Å². The highest BCUT2D eigenvalue weighted by Crippen LogP contribution is 2.23. The van der Waals surface area contributed by atoms with Crippen LogP contribution in [-0.4, -0.2) is 58.1 Å². The van der Waals surface area contributed by atoms with Crippen molar-refractivity contribution in [3.05, 3.63) is 9.47 Å². The lowest BCUT2D eigenvalue weighted by molar-refractivity contribution is 0.0643. The largest absolute Gasteiger partial charge is 0.336 e. The minimum atomic E-state index is -0.0238. The van der Waals surface area contributed by atoms with Gasteiger partial charge in [0.25, 0.3) is 5.91 Å². The van der Waals surface area contributed by atoms with E-state index in [-0.39, 0.29) is 5.91 Å². The first-order valence-electron chi connectivity index (χ1n) is 6.76. The van der Waals surface area contributed by atoms with Gasteiger partial charge in [0, 0.05) is 19.1 Å². The van der Waals surface area contributed by atoms with E-state index in [0.29, 0.717) is 15.5 Å². The van der Waals surface area contributed by atoms with Crippen molar-refractivity contribution in [2.24, 2.45) is 0 Å². The lowest BCUT2D eigenvalue weighted by Gasteiger charge is -2.36. The first-order valence-corrected chi connectivity index (χ1v) is 7.96. The van der Waals surface area contributed by atoms with Gasteiger partial charge < -0.3 is 9.80 Å². The normalized spacial score (nSPS) is 22.1. The van der Waals surface area contributed by atoms with Crippen molar-refractivity contribution in [3.63, 3.8) is 0 Å². The van der Waals surface area contributed by atoms with Gasteiger partial charge >= 0.3 is 0 Å². The fraction of sp³-hybridized carbons (Fsp3) is 0.750. The van der Waals surface area contributed by atoms with Crippen LogP contribution in [0.4, 0.5) is 0 Å². The van der Waals surface area contributed by atoms with Crippen molar-refractivity contribution in [1.82, 2.24) is 20.0 Å². The fourth-order valence-electron chi connectivity index (χ4n) is 2.97. The second-order valence-corrected chi connectivity index (χ2v) is 6.69. The van der Waals surface area contributed by atoms with Gasteiger partial charge in [0.15, 0.2) is 0 Å². The molecule has 3 heterocycles. The molecule has 0 saturated carbocycles. The average Bonchev–Trinajstić information content (AvgIpc) is 3.09. The zero-order chi connectivity index (χ0) is 13.2. The SMILES string of the molecule is O=C(c1nnc(Cl)s1)N1CCC(N2CCCC2)CC1. The highest BCUT2D eigenvalue weighted by molar-refractivity contribution is 7.17. The van der Waals surface area contributed by atoms with Gasteiger partial charge in [-0.15, -0.1) is 10.2 Å². The summed E-state index contributed by atoms with van der Waals surface area (Å²) in [5, 5.41) is 7.92. The molecular formula is C12H17ClN4OS. The summed E-state index contributed by atoms with van der Waals surface area (Å²) in [5.74, 6) is -0.0238. The molecule has 0 bridgehead atoms. The van der Waals surface area contributed by atoms with Gasteiger partial charge in [0.2, 0.25) is 9.47 Å². The number of aromatic nitrogens is 2. The van der Waals surface area contributed by atoms with Gasteiger partial charge in [-0.05, 0) is 50.4 Å². The fourth-order valence-corrected chi connectivity index (χ4v) is 3.76. The molecule has 5 nitrogen and oxygen atoms in total. The molecule has 2 saturated heterocycles. The molecule has 0 spiro atoms. The first kappa shape index (κ1) is 13.3. The van der Waals surface area contributed by atoms with Gasteiger partial charge in [-0.3, -0.25) is 4.79 Å². The monoisotopic (exact) mass is 300 g/mol. The number of amides is 1. The Hall–Kier alpha value is -0.720. The first-order chi connectivity index (χ1) is 9.24. The van der Waals surface area contributed by atoms with Crippen LogP contribution in [0.3, 0.4) is 0 Å². The van der Waals surface area contributed by atoms with E-state index in [1.165, 1.54) is 25.9 Å². The van der Waals surface area contributed by atoms with E-state index < -0.39 is 0 Å². The second-order valence-electron chi connectivity index (χ2n) is 5.13. The number of hydrogen-bond acceptors (Lipinski definition) is 5. The van der Waals surface area contributed by atoms with Gasteiger partial charge in [0.1, 0.15) is 0 Å². The molecule has 7 heteroatoms. The maximum atomic E-state index is 12.2. The Labute approximate surface area is 121 Å². The summed E-state index contributed by atoms with van der Waals surface area (Å²) in [6, 6.07) is 0.657. The zero-order valence-corrected chi connectivity index (χ0v) is 12.3. The zero-order valence-electron chi connectivity index (χ0n) is 10.7. The third-order valence-corrected chi connectivity index (χ3v) is 5.00. The molecule has 1 aromatic heterocycles. The number of hydrogen-bond donors (Lipinski definition) is 0. The number of halogens is 1. The van der Waals surface area contributed by atoms with Crippen molar-refractivity contribution in [2.75, 3.05) is 26.2 Å². The van der Waals surface area contributed by atoms with Gasteiger partial charge in [0.05, 0.1) is 0 Å². The van der Waals surface area contributed by atoms with Crippen LogP contribution in [0.25, 0.3) is 0 Å². The summed E-state index contributed by atoms with van der Waals surface area (Å²) in [5.41, 5.74) is 0. The molecule has 0 radical (unpaired) electrons. The highest BCUT2D eigenvalue weighted by atomic mass is 35.5. The quantitative estimate of drug-likeness (QED) is 0.837. The van der Waals surface area contributed by atoms with Crippen LogP contribution >= 0.6 is 22.9 Å². The molecular weight excluding hydrogens is 284 g/mol. The molecule has 0 aromatic carbocycles. The standard InChI is InChI=1S/C12H17ClN4OS/c13-12-15-14-10(19-12)11(18)17-7-3-9(4-8-17)16-5-1-2-6-16/h9H,1-8H2. The Kier molecular flexibility index (Phi) is 4.00. The van der Waals surface area contributed by atoms with Crippen molar-refractivity contribution in [2.45, 2.75) is 31.7 Å². The van der Waals surface area contributed by atoms with Crippen LogP contribution in [0.5, 0.6) is 0 Å². The smallest absolute Gasteiger partial charge is 0.284 e. The summed E-state index contributed by atoms with van der Waals surface area (Å²) in [6.07, 6.45) is 4.78. The van der Waals surface area contributed by atoms with E-state index >= 15 is 0 Å². The molecule has 0 aliphatic carbocycles. The van der Waals surface area contributed by atoms with Crippen LogP contribution in [0.2, 0.25) is 4.47 Å². The summed E-state index contributed by atoms with van der Waals surface area (Å²) >= 11 is 6.88. The predicted octanol–water partition coefficient (Wildman–Crippen LogP) is 1.89. The molecule has 2 fully saturated rings. The molecule has 1 aromatic rings. The lowest BCUT2D eigenvalue weighted by Crippen LogP contribution is -2.45. The Balaban J connectivity index is 1.56. The Morgan fingerprint density at radius 3 is 2.42 bits per heavy atom. The molecule has 104 valence electrons. The van der Waals surface area contributed by atoms with Gasteiger partial charge in [-0.1, -0.05) is 11.3 Å². The van der Waals surface area contributed by atoms with Gasteiger partial charge in [-0.25, -0.2) is 0 Å². The molecule has 1 amide bonds. The molecule has 2 aliphatic heterocycles. The summed E-state index contributed by atoms with van der Waals surface area (Å²) in [6.45, 7) is 4.09. The number of rotatable bonds is 2. The molecule has 19 heavy (non-hydrogen) atoms. The van der Waals surface area contributed by atoms with Crippen molar-refractivity contribution in [3.8, 4) is 0 Å². The van der Waals surface area contributed by atoms with E-state index in [4.69, 9.17) is 11.6 Å². The van der Waals surface area contributed by atoms with E-state index in [2.05, 4.69) is 15.1 Å². The Morgan fingerprint density at radius 1 is 1.16 bits per heavy atom. The highest BCUT2D eigenvalue weighted by Gasteiger charge is 2.29. The number of piperidine rings is 1. The van der Waals surface area contributed by atoms with E-state index in [1.807, 2.05) is 4.90 Å². The number of likely N-dealkylation sites (tertiary alicyclic amines) is 2. The van der Waals surface area contributed by atoms with Crippen LogP contribution in [-0.2, 0) is 0 Å². The van der Waals surface area contributed by atoms with E-state index in [0.717, 1.165) is 37.3 Å². The Morgan fingerprint density at radius 2 is 1.84 bits per heavy atom. The summed E-state index contributed by atoms with van der Waals surface area (Å²) in [7, 11) is 0. The number of nitrogens with zero attached hydrogens (tertiary/aromatic N) is 4.